The van der Waals surface area contributed by atoms with Crippen LogP contribution in [0.1, 0.15) is 4.88 Å². The normalized spacial score (nSPS) is 10.6. The molecule has 7 heteroatoms. The number of fused-ring (bicyclic) bond motifs is 1. The number of ether oxygens (including phenoxy) is 1. The van der Waals surface area contributed by atoms with E-state index in [1.165, 1.54) is 11.3 Å². The third-order valence-electron chi connectivity index (χ3n) is 4.28. The van der Waals surface area contributed by atoms with Crippen LogP contribution in [0.4, 0.5) is 5.69 Å². The zero-order valence-electron chi connectivity index (χ0n) is 15.4. The standard InChI is InChI=1S/C22H18N4O2S/c23-22(24)20-11-15-10-14(7-8-19(15)29-20)17-5-1-2-6-18(17)28-13-21(27)26-16-4-3-9-25-12-16/h1-12H,13H2,(H3,23,24)(H,26,27). The number of pyridine rings is 1. The van der Waals surface area contributed by atoms with E-state index in [9.17, 15) is 4.79 Å². The maximum atomic E-state index is 12.2. The first kappa shape index (κ1) is 18.6. The average Bonchev–Trinajstić information content (AvgIpc) is 3.17. The molecule has 0 saturated heterocycles. The topological polar surface area (TPSA) is 101 Å². The fourth-order valence-electron chi connectivity index (χ4n) is 2.95. The predicted octanol–water partition coefficient (Wildman–Crippen LogP) is 4.26. The van der Waals surface area contributed by atoms with Gasteiger partial charge in [0.05, 0.1) is 16.8 Å². The largest absolute Gasteiger partial charge is 0.483 e. The highest BCUT2D eigenvalue weighted by molar-refractivity contribution is 7.20. The summed E-state index contributed by atoms with van der Waals surface area (Å²) in [6.07, 6.45) is 3.23. The Balaban J connectivity index is 1.54. The number of aromatic nitrogens is 1. The number of thiophene rings is 1. The molecular weight excluding hydrogens is 384 g/mol. The Hall–Kier alpha value is -3.71. The van der Waals surface area contributed by atoms with Gasteiger partial charge in [0.25, 0.3) is 5.91 Å². The van der Waals surface area contributed by atoms with E-state index in [2.05, 4.69) is 10.3 Å². The highest BCUT2D eigenvalue weighted by Gasteiger charge is 2.11. The number of hydrogen-bond acceptors (Lipinski definition) is 5. The predicted molar refractivity (Wildman–Crippen MR) is 117 cm³/mol. The molecule has 0 aliphatic rings. The number of nitrogen functional groups attached to an aromatic ring is 1. The van der Waals surface area contributed by atoms with Gasteiger partial charge >= 0.3 is 0 Å². The van der Waals surface area contributed by atoms with Crippen molar-refractivity contribution in [1.29, 1.82) is 5.41 Å². The molecule has 0 radical (unpaired) electrons. The van der Waals surface area contributed by atoms with E-state index in [0.29, 0.717) is 11.4 Å². The molecule has 0 unspecified atom stereocenters. The maximum absolute atomic E-state index is 12.2. The van der Waals surface area contributed by atoms with Gasteiger partial charge < -0.3 is 15.8 Å². The number of nitrogens with two attached hydrogens (primary N) is 1. The molecule has 4 rings (SSSR count). The molecule has 4 aromatic rings. The molecule has 6 nitrogen and oxygen atoms in total. The zero-order chi connectivity index (χ0) is 20.2. The Labute approximate surface area is 171 Å². The highest BCUT2D eigenvalue weighted by Crippen LogP contribution is 2.34. The smallest absolute Gasteiger partial charge is 0.262 e. The number of amidine groups is 1. The first-order chi connectivity index (χ1) is 14.1. The van der Waals surface area contributed by atoms with Crippen LogP contribution in [0.3, 0.4) is 0 Å². The van der Waals surface area contributed by atoms with Gasteiger partial charge in [0.15, 0.2) is 6.61 Å². The van der Waals surface area contributed by atoms with Crippen LogP contribution in [0.25, 0.3) is 21.2 Å². The van der Waals surface area contributed by atoms with Gasteiger partial charge in [-0.3, -0.25) is 15.2 Å². The molecule has 0 aliphatic heterocycles. The number of carbonyl (C=O) groups is 1. The van der Waals surface area contributed by atoms with Crippen LogP contribution >= 0.6 is 11.3 Å². The summed E-state index contributed by atoms with van der Waals surface area (Å²) in [4.78, 5) is 16.9. The lowest BCUT2D eigenvalue weighted by molar-refractivity contribution is -0.118. The summed E-state index contributed by atoms with van der Waals surface area (Å²) in [6.45, 7) is -0.110. The van der Waals surface area contributed by atoms with Gasteiger partial charge in [-0.15, -0.1) is 11.3 Å². The third-order valence-corrected chi connectivity index (χ3v) is 5.43. The number of anilines is 1. The number of rotatable bonds is 6. The van der Waals surface area contributed by atoms with Crippen molar-refractivity contribution in [1.82, 2.24) is 4.98 Å². The summed E-state index contributed by atoms with van der Waals surface area (Å²) in [6, 6.07) is 19.1. The molecule has 1 amide bonds. The molecule has 0 atom stereocenters. The van der Waals surface area contributed by atoms with Crippen LogP contribution in [0.2, 0.25) is 0 Å². The van der Waals surface area contributed by atoms with Crippen molar-refractivity contribution in [2.45, 2.75) is 0 Å². The molecule has 2 aromatic carbocycles. The number of benzene rings is 2. The minimum atomic E-state index is -0.257. The van der Waals surface area contributed by atoms with Crippen molar-refractivity contribution < 1.29 is 9.53 Å². The summed E-state index contributed by atoms with van der Waals surface area (Å²) < 4.78 is 6.86. The number of para-hydroxylation sites is 1. The lowest BCUT2D eigenvalue weighted by atomic mass is 10.0. The van der Waals surface area contributed by atoms with E-state index in [-0.39, 0.29) is 18.3 Å². The Morgan fingerprint density at radius 1 is 1.14 bits per heavy atom. The van der Waals surface area contributed by atoms with Crippen molar-refractivity contribution in [3.8, 4) is 16.9 Å². The molecule has 29 heavy (non-hydrogen) atoms. The number of amides is 1. The first-order valence-corrected chi connectivity index (χ1v) is 9.72. The highest BCUT2D eigenvalue weighted by atomic mass is 32.1. The number of nitrogens with zero attached hydrogens (tertiary/aromatic N) is 1. The van der Waals surface area contributed by atoms with Gasteiger partial charge in [0, 0.05) is 16.5 Å². The number of nitrogens with one attached hydrogen (secondary N) is 2. The minimum Gasteiger partial charge on any atom is -0.483 e. The number of hydrogen-bond donors (Lipinski definition) is 3. The van der Waals surface area contributed by atoms with Gasteiger partial charge in [0.1, 0.15) is 11.6 Å². The molecule has 4 N–H and O–H groups in total. The Morgan fingerprint density at radius 2 is 2.00 bits per heavy atom. The molecule has 0 saturated carbocycles. The molecule has 0 bridgehead atoms. The van der Waals surface area contributed by atoms with Crippen molar-refractivity contribution in [2.75, 3.05) is 11.9 Å². The van der Waals surface area contributed by atoms with E-state index in [4.69, 9.17) is 15.9 Å². The number of carbonyl (C=O) groups excluding carboxylic acids is 1. The molecule has 0 aliphatic carbocycles. The van der Waals surface area contributed by atoms with E-state index < -0.39 is 0 Å². The second-order valence-electron chi connectivity index (χ2n) is 6.35. The summed E-state index contributed by atoms with van der Waals surface area (Å²) in [7, 11) is 0. The monoisotopic (exact) mass is 402 g/mol. The second-order valence-corrected chi connectivity index (χ2v) is 7.44. The molecule has 2 aromatic heterocycles. The van der Waals surface area contributed by atoms with E-state index >= 15 is 0 Å². The zero-order valence-corrected chi connectivity index (χ0v) is 16.2. The fourth-order valence-corrected chi connectivity index (χ4v) is 3.86. The second kappa shape index (κ2) is 8.12. The third kappa shape index (κ3) is 4.25. The van der Waals surface area contributed by atoms with Gasteiger partial charge in [-0.25, -0.2) is 0 Å². The van der Waals surface area contributed by atoms with Crippen molar-refractivity contribution >= 4 is 38.9 Å². The average molecular weight is 402 g/mol. The Kier molecular flexibility index (Phi) is 5.22. The van der Waals surface area contributed by atoms with E-state index in [0.717, 1.165) is 26.1 Å². The maximum Gasteiger partial charge on any atom is 0.262 e. The molecule has 0 spiro atoms. The van der Waals surface area contributed by atoms with Crippen LogP contribution < -0.4 is 15.8 Å². The van der Waals surface area contributed by atoms with Crippen LogP contribution in [0, 0.1) is 5.41 Å². The molecule has 0 fully saturated rings. The first-order valence-electron chi connectivity index (χ1n) is 8.90. The van der Waals surface area contributed by atoms with Crippen LogP contribution in [-0.4, -0.2) is 23.3 Å². The summed E-state index contributed by atoms with van der Waals surface area (Å²) >= 11 is 1.49. The summed E-state index contributed by atoms with van der Waals surface area (Å²) in [5, 5.41) is 11.4. The lowest BCUT2D eigenvalue weighted by Crippen LogP contribution is -2.20. The van der Waals surface area contributed by atoms with Crippen molar-refractivity contribution in [3.63, 3.8) is 0 Å². The van der Waals surface area contributed by atoms with Crippen LogP contribution in [0.15, 0.2) is 73.1 Å². The van der Waals surface area contributed by atoms with Gasteiger partial charge in [0.2, 0.25) is 0 Å². The van der Waals surface area contributed by atoms with Crippen molar-refractivity contribution in [3.05, 3.63) is 77.9 Å². The summed E-state index contributed by atoms with van der Waals surface area (Å²) in [5.41, 5.74) is 8.08. The van der Waals surface area contributed by atoms with E-state index in [1.54, 1.807) is 24.5 Å². The van der Waals surface area contributed by atoms with Gasteiger partial charge in [-0.1, -0.05) is 24.3 Å². The van der Waals surface area contributed by atoms with Crippen LogP contribution in [0.5, 0.6) is 5.75 Å². The molecule has 144 valence electrons. The quantitative estimate of drug-likeness (QED) is 0.331. The SMILES string of the molecule is N=C(N)c1cc2cc(-c3ccccc3OCC(=O)Nc3cccnc3)ccc2s1. The lowest BCUT2D eigenvalue weighted by Gasteiger charge is -2.12. The Bertz CT molecular complexity index is 1190. The van der Waals surface area contributed by atoms with Crippen molar-refractivity contribution in [2.24, 2.45) is 5.73 Å². The van der Waals surface area contributed by atoms with Crippen LogP contribution in [-0.2, 0) is 4.79 Å². The summed E-state index contributed by atoms with van der Waals surface area (Å²) in [5.74, 6) is 0.429. The fraction of sp³-hybridized carbons (Fsp3) is 0.0455. The Morgan fingerprint density at radius 3 is 2.79 bits per heavy atom. The van der Waals surface area contributed by atoms with Gasteiger partial charge in [-0.05, 0) is 47.3 Å². The molecular formula is C22H18N4O2S. The van der Waals surface area contributed by atoms with Gasteiger partial charge in [-0.2, -0.15) is 0 Å². The van der Waals surface area contributed by atoms with E-state index in [1.807, 2.05) is 48.5 Å². The molecule has 2 heterocycles. The minimum absolute atomic E-state index is 0.0658.